The van der Waals surface area contributed by atoms with E-state index in [0.717, 1.165) is 21.6 Å². The highest BCUT2D eigenvalue weighted by Crippen LogP contribution is 2.31. The van der Waals surface area contributed by atoms with E-state index in [1.807, 2.05) is 65.4 Å². The van der Waals surface area contributed by atoms with Crippen molar-refractivity contribution < 1.29 is 27.3 Å². The maximum atomic E-state index is 13.9. The van der Waals surface area contributed by atoms with E-state index in [2.05, 4.69) is 15.6 Å². The number of anilines is 1. The number of alkyl carbamates (subject to hydrolysis) is 1. The molecule has 0 bridgehead atoms. The Morgan fingerprint density at radius 2 is 1.52 bits per heavy atom. The first kappa shape index (κ1) is 32.6. The van der Waals surface area contributed by atoms with E-state index in [1.54, 1.807) is 39.1 Å². The summed E-state index contributed by atoms with van der Waals surface area (Å²) in [6.07, 6.45) is 1.92. The van der Waals surface area contributed by atoms with E-state index in [1.165, 1.54) is 23.5 Å². The third-order valence-electron chi connectivity index (χ3n) is 6.42. The van der Waals surface area contributed by atoms with Gasteiger partial charge in [-0.05, 0) is 62.4 Å². The van der Waals surface area contributed by atoms with Crippen molar-refractivity contribution in [3.63, 3.8) is 0 Å². The van der Waals surface area contributed by atoms with Crippen LogP contribution in [0.4, 0.5) is 10.5 Å². The lowest BCUT2D eigenvalue weighted by atomic mass is 9.97. The van der Waals surface area contributed by atoms with Gasteiger partial charge in [-0.3, -0.25) is 14.1 Å². The van der Waals surface area contributed by atoms with Crippen LogP contribution in [0.15, 0.2) is 91.1 Å². The predicted octanol–water partition coefficient (Wildman–Crippen LogP) is 5.81. The summed E-state index contributed by atoms with van der Waals surface area (Å²) in [7, 11) is -4.41. The minimum Gasteiger partial charge on any atom is -0.444 e. The second kappa shape index (κ2) is 14.5. The molecule has 0 aliphatic heterocycles. The van der Waals surface area contributed by atoms with E-state index in [9.17, 15) is 18.0 Å². The lowest BCUT2D eigenvalue weighted by Crippen LogP contribution is -2.43. The molecule has 12 heteroatoms. The summed E-state index contributed by atoms with van der Waals surface area (Å²) in [5, 5.41) is 6.59. The Morgan fingerprint density at radius 3 is 2.14 bits per heavy atom. The highest BCUT2D eigenvalue weighted by Gasteiger charge is 2.26. The van der Waals surface area contributed by atoms with Crippen molar-refractivity contribution in [1.82, 2.24) is 15.6 Å². The van der Waals surface area contributed by atoms with Crippen LogP contribution in [-0.4, -0.2) is 42.1 Å². The van der Waals surface area contributed by atoms with Crippen molar-refractivity contribution in [1.29, 1.82) is 0 Å². The quantitative estimate of drug-likeness (QED) is 0.144. The third-order valence-corrected chi connectivity index (χ3v) is 8.08. The van der Waals surface area contributed by atoms with Crippen LogP contribution in [-0.2, 0) is 32.7 Å². The van der Waals surface area contributed by atoms with Crippen LogP contribution < -0.4 is 15.4 Å². The zero-order valence-corrected chi connectivity index (χ0v) is 26.3. The van der Waals surface area contributed by atoms with Gasteiger partial charge in [-0.2, -0.15) is 8.42 Å². The lowest BCUT2D eigenvalue weighted by molar-refractivity contribution is -0.125. The summed E-state index contributed by atoms with van der Waals surface area (Å²) in [5.74, 6) is -0.877. The molecular formula is C32H36N4O6S2. The second-order valence-electron chi connectivity index (χ2n) is 11.2. The van der Waals surface area contributed by atoms with Crippen molar-refractivity contribution >= 4 is 39.3 Å². The van der Waals surface area contributed by atoms with Gasteiger partial charge in [0, 0.05) is 12.7 Å². The van der Waals surface area contributed by atoms with Crippen LogP contribution in [0, 0.1) is 5.92 Å². The monoisotopic (exact) mass is 636 g/mol. The molecule has 232 valence electrons. The Kier molecular flexibility index (Phi) is 10.7. The Hall–Kier alpha value is -4.26. The fourth-order valence-corrected chi connectivity index (χ4v) is 5.85. The van der Waals surface area contributed by atoms with Crippen LogP contribution in [0.2, 0.25) is 0 Å². The largest absolute Gasteiger partial charge is 0.444 e. The number of rotatable bonds is 12. The molecule has 4 N–H and O–H groups in total. The minimum atomic E-state index is -4.41. The lowest BCUT2D eigenvalue weighted by Gasteiger charge is -2.24. The SMILES string of the molecule is CC(C)(C)OC(=O)NC[C@H](Cc1ccccc1)C(=O)N[C@@H](Cc1ccc(NS(=O)(=O)O)cc1)c1ncc(-c2ccccc2)s1. The molecular weight excluding hydrogens is 601 g/mol. The van der Waals surface area contributed by atoms with Gasteiger partial charge in [0.15, 0.2) is 0 Å². The first-order valence-electron chi connectivity index (χ1n) is 14.0. The number of carbonyl (C=O) groups excluding carboxylic acids is 2. The molecule has 2 amide bonds. The van der Waals surface area contributed by atoms with E-state index < -0.39 is 34.0 Å². The van der Waals surface area contributed by atoms with Gasteiger partial charge >= 0.3 is 16.4 Å². The molecule has 0 saturated carbocycles. The van der Waals surface area contributed by atoms with Gasteiger partial charge in [0.2, 0.25) is 5.91 Å². The van der Waals surface area contributed by atoms with Crippen molar-refractivity contribution in [2.75, 3.05) is 11.3 Å². The Bertz CT molecular complexity index is 1640. The third kappa shape index (κ3) is 10.5. The number of benzene rings is 3. The van der Waals surface area contributed by atoms with Gasteiger partial charge in [0.1, 0.15) is 10.6 Å². The van der Waals surface area contributed by atoms with Crippen molar-refractivity contribution in [3.8, 4) is 10.4 Å². The molecule has 0 saturated heterocycles. The van der Waals surface area contributed by atoms with Crippen LogP contribution in [0.25, 0.3) is 10.4 Å². The number of nitrogens with zero attached hydrogens (tertiary/aromatic N) is 1. The number of hydrogen-bond donors (Lipinski definition) is 4. The molecule has 4 rings (SSSR count). The first-order chi connectivity index (χ1) is 20.8. The molecule has 10 nitrogen and oxygen atoms in total. The number of amides is 2. The first-order valence-corrected chi connectivity index (χ1v) is 16.3. The summed E-state index contributed by atoms with van der Waals surface area (Å²) in [5.41, 5.74) is 2.27. The number of ether oxygens (including phenoxy) is 1. The van der Waals surface area contributed by atoms with Gasteiger partial charge in [0.25, 0.3) is 0 Å². The molecule has 0 fully saturated rings. The molecule has 3 aromatic carbocycles. The highest BCUT2D eigenvalue weighted by molar-refractivity contribution is 7.87. The Balaban J connectivity index is 1.58. The van der Waals surface area contributed by atoms with Crippen LogP contribution in [0.1, 0.15) is 42.9 Å². The zero-order valence-electron chi connectivity index (χ0n) is 24.7. The normalized spacial score (nSPS) is 13.0. The van der Waals surface area contributed by atoms with Gasteiger partial charge < -0.3 is 15.4 Å². The van der Waals surface area contributed by atoms with E-state index in [4.69, 9.17) is 9.29 Å². The molecule has 1 heterocycles. The molecule has 4 aromatic rings. The van der Waals surface area contributed by atoms with Gasteiger partial charge in [0.05, 0.1) is 22.5 Å². The topological polar surface area (TPSA) is 147 Å². The maximum Gasteiger partial charge on any atom is 0.407 e. The van der Waals surface area contributed by atoms with Crippen molar-refractivity contribution in [2.24, 2.45) is 5.92 Å². The maximum absolute atomic E-state index is 13.9. The van der Waals surface area contributed by atoms with E-state index in [-0.39, 0.29) is 18.1 Å². The van der Waals surface area contributed by atoms with Crippen LogP contribution >= 0.6 is 11.3 Å². The molecule has 0 unspecified atom stereocenters. The smallest absolute Gasteiger partial charge is 0.407 e. The average molecular weight is 637 g/mol. The highest BCUT2D eigenvalue weighted by atomic mass is 32.2. The number of carbonyl (C=O) groups is 2. The molecule has 0 radical (unpaired) electrons. The molecule has 44 heavy (non-hydrogen) atoms. The predicted molar refractivity (Wildman–Crippen MR) is 172 cm³/mol. The zero-order chi connectivity index (χ0) is 31.7. The average Bonchev–Trinajstić information content (AvgIpc) is 3.46. The second-order valence-corrected chi connectivity index (χ2v) is 13.5. The number of nitrogens with one attached hydrogen (secondary N) is 3. The number of aromatic nitrogens is 1. The summed E-state index contributed by atoms with van der Waals surface area (Å²) in [6.45, 7) is 5.38. The van der Waals surface area contributed by atoms with Crippen LogP contribution in [0.5, 0.6) is 0 Å². The van der Waals surface area contributed by atoms with Gasteiger partial charge in [-0.1, -0.05) is 72.8 Å². The fraction of sp³-hybridized carbons (Fsp3) is 0.281. The molecule has 1 aromatic heterocycles. The molecule has 2 atom stereocenters. The van der Waals surface area contributed by atoms with E-state index in [0.29, 0.717) is 17.8 Å². The van der Waals surface area contributed by atoms with E-state index >= 15 is 0 Å². The number of thiazole rings is 1. The number of hydrogen-bond acceptors (Lipinski definition) is 7. The summed E-state index contributed by atoms with van der Waals surface area (Å²) in [4.78, 5) is 31.9. The molecule has 0 aliphatic rings. The minimum absolute atomic E-state index is 0.0610. The van der Waals surface area contributed by atoms with Crippen molar-refractivity contribution in [3.05, 3.63) is 107 Å². The summed E-state index contributed by atoms with van der Waals surface area (Å²) >= 11 is 1.47. The van der Waals surface area contributed by atoms with Crippen molar-refractivity contribution in [2.45, 2.75) is 45.3 Å². The fourth-order valence-electron chi connectivity index (χ4n) is 4.44. The van der Waals surface area contributed by atoms with Gasteiger partial charge in [-0.25, -0.2) is 9.78 Å². The summed E-state index contributed by atoms with van der Waals surface area (Å²) < 4.78 is 38.9. The van der Waals surface area contributed by atoms with Crippen LogP contribution in [0.3, 0.4) is 0 Å². The summed E-state index contributed by atoms with van der Waals surface area (Å²) in [6, 6.07) is 25.3. The Labute approximate surface area is 261 Å². The Morgan fingerprint density at radius 1 is 0.909 bits per heavy atom. The van der Waals surface area contributed by atoms with Gasteiger partial charge in [-0.15, -0.1) is 11.3 Å². The molecule has 0 spiro atoms. The molecule has 0 aliphatic carbocycles. The standard InChI is InChI=1S/C32H36N4O6S2/c1-32(2,3)42-31(38)34-20-25(18-22-10-6-4-7-11-22)29(37)35-27(19-23-14-16-26(17-15-23)36-44(39,40)41)30-33-21-28(43-30)24-12-8-5-9-13-24/h4-17,21,25,27,36H,18-20H2,1-3H3,(H,34,38)(H,35,37)(H,39,40,41)/t25-,27-/m0/s1.